The Hall–Kier alpha value is -2.16. The molecule has 2 aromatic carbocycles. The number of para-hydroxylation sites is 1. The highest BCUT2D eigenvalue weighted by molar-refractivity contribution is 5.75. The van der Waals surface area contributed by atoms with Gasteiger partial charge in [-0.15, -0.1) is 0 Å². The molecule has 0 unspecified atom stereocenters. The second-order valence-electron chi connectivity index (χ2n) is 8.41. The lowest BCUT2D eigenvalue weighted by Gasteiger charge is -2.44. The monoisotopic (exact) mass is 323 g/mol. The van der Waals surface area contributed by atoms with E-state index in [0.717, 1.165) is 5.56 Å². The Labute approximate surface area is 143 Å². The second-order valence-corrected chi connectivity index (χ2v) is 8.41. The van der Waals surface area contributed by atoms with Crippen molar-refractivity contribution in [1.29, 1.82) is 0 Å². The summed E-state index contributed by atoms with van der Waals surface area (Å²) < 4.78 is 0. The lowest BCUT2D eigenvalue weighted by molar-refractivity contribution is -0.384. The first-order valence-electron chi connectivity index (χ1n) is 8.40. The average Bonchev–Trinajstić information content (AvgIpc) is 2.63. The fourth-order valence-electron chi connectivity index (χ4n) is 4.11. The molecule has 0 N–H and O–H groups in total. The molecule has 0 radical (unpaired) electrons. The van der Waals surface area contributed by atoms with Crippen molar-refractivity contribution in [3.05, 3.63) is 63.7 Å². The molecular formula is C21H25NO2. The second kappa shape index (κ2) is 4.92. The highest BCUT2D eigenvalue weighted by Gasteiger charge is 2.56. The lowest BCUT2D eigenvalue weighted by Crippen LogP contribution is -2.42. The Morgan fingerprint density at radius 2 is 1.42 bits per heavy atom. The van der Waals surface area contributed by atoms with Crippen LogP contribution in [0.3, 0.4) is 0 Å². The molecule has 0 atom stereocenters. The number of hydrogen-bond donors (Lipinski definition) is 0. The number of fused-ring (bicyclic) bond motifs is 1. The van der Waals surface area contributed by atoms with E-state index in [9.17, 15) is 10.1 Å². The molecule has 0 spiro atoms. The summed E-state index contributed by atoms with van der Waals surface area (Å²) >= 11 is 0. The normalized spacial score (nSPS) is 19.8. The maximum atomic E-state index is 11.4. The Morgan fingerprint density at radius 3 is 2.04 bits per heavy atom. The Morgan fingerprint density at radius 1 is 0.833 bits per heavy atom. The first-order chi connectivity index (χ1) is 11.0. The minimum atomic E-state index is -0.304. The standard InChI is InChI=1S/C21H25NO2/c1-19(2)16-12-11-14(13-17(16)20(3,4)21(19,5)6)15-9-7-8-10-18(15)22(23)24/h7-13H,1-6H3. The first kappa shape index (κ1) is 16.7. The van der Waals surface area contributed by atoms with Crippen molar-refractivity contribution in [2.45, 2.75) is 52.4 Å². The van der Waals surface area contributed by atoms with E-state index in [2.05, 4.69) is 53.7 Å². The molecule has 3 nitrogen and oxygen atoms in total. The maximum absolute atomic E-state index is 11.4. The van der Waals surface area contributed by atoms with Gasteiger partial charge in [0.2, 0.25) is 0 Å². The molecule has 3 rings (SSSR count). The van der Waals surface area contributed by atoms with Gasteiger partial charge in [-0.1, -0.05) is 71.9 Å². The number of rotatable bonds is 2. The zero-order valence-electron chi connectivity index (χ0n) is 15.3. The molecule has 0 fully saturated rings. The van der Waals surface area contributed by atoms with Gasteiger partial charge in [0, 0.05) is 6.07 Å². The highest BCUT2D eigenvalue weighted by atomic mass is 16.6. The molecule has 0 bridgehead atoms. The smallest absolute Gasteiger partial charge is 0.258 e. The van der Waals surface area contributed by atoms with Crippen LogP contribution in [0.4, 0.5) is 5.69 Å². The minimum absolute atomic E-state index is 0.00853. The van der Waals surface area contributed by atoms with Crippen molar-refractivity contribution >= 4 is 5.69 Å². The summed E-state index contributed by atoms with van der Waals surface area (Å²) in [6.07, 6.45) is 0. The number of nitro groups is 1. The van der Waals surface area contributed by atoms with Crippen molar-refractivity contribution in [2.24, 2.45) is 5.41 Å². The minimum Gasteiger partial charge on any atom is -0.258 e. The molecule has 2 aromatic rings. The van der Waals surface area contributed by atoms with Gasteiger partial charge in [0.05, 0.1) is 10.5 Å². The lowest BCUT2D eigenvalue weighted by atomic mass is 9.59. The zero-order valence-corrected chi connectivity index (χ0v) is 15.3. The Balaban J connectivity index is 2.25. The molecule has 1 aliphatic rings. The predicted molar refractivity (Wildman–Crippen MR) is 98.4 cm³/mol. The van der Waals surface area contributed by atoms with Gasteiger partial charge in [-0.2, -0.15) is 0 Å². The van der Waals surface area contributed by atoms with Crippen LogP contribution in [-0.2, 0) is 10.8 Å². The third kappa shape index (κ3) is 1.97. The van der Waals surface area contributed by atoms with E-state index in [1.54, 1.807) is 12.1 Å². The number of hydrogen-bond acceptors (Lipinski definition) is 2. The van der Waals surface area contributed by atoms with Gasteiger partial charge in [-0.25, -0.2) is 0 Å². The van der Waals surface area contributed by atoms with Crippen molar-refractivity contribution < 1.29 is 4.92 Å². The molecule has 0 saturated heterocycles. The zero-order chi connectivity index (χ0) is 17.9. The van der Waals surface area contributed by atoms with Crippen LogP contribution in [0.1, 0.15) is 52.7 Å². The third-order valence-electron chi connectivity index (χ3n) is 6.90. The first-order valence-corrected chi connectivity index (χ1v) is 8.40. The van der Waals surface area contributed by atoms with E-state index < -0.39 is 0 Å². The van der Waals surface area contributed by atoms with Gasteiger partial charge in [-0.3, -0.25) is 10.1 Å². The molecule has 0 amide bonds. The van der Waals surface area contributed by atoms with Crippen molar-refractivity contribution in [3.8, 4) is 11.1 Å². The summed E-state index contributed by atoms with van der Waals surface area (Å²) in [5, 5.41) is 11.4. The van der Waals surface area contributed by atoms with Gasteiger partial charge in [0.15, 0.2) is 0 Å². The molecular weight excluding hydrogens is 298 g/mol. The van der Waals surface area contributed by atoms with Crippen LogP contribution in [-0.4, -0.2) is 4.92 Å². The van der Waals surface area contributed by atoms with Crippen molar-refractivity contribution in [1.82, 2.24) is 0 Å². The summed E-state index contributed by atoms with van der Waals surface area (Å²) in [5.41, 5.74) is 4.54. The van der Waals surface area contributed by atoms with Gasteiger partial charge in [-0.05, 0) is 39.0 Å². The molecule has 24 heavy (non-hydrogen) atoms. The Bertz CT molecular complexity index is 831. The van der Waals surface area contributed by atoms with Gasteiger partial charge < -0.3 is 0 Å². The summed E-state index contributed by atoms with van der Waals surface area (Å²) in [7, 11) is 0. The summed E-state index contributed by atoms with van der Waals surface area (Å²) in [6.45, 7) is 13.8. The van der Waals surface area contributed by atoms with Gasteiger partial charge >= 0.3 is 0 Å². The number of nitrogens with zero attached hydrogens (tertiary/aromatic N) is 1. The fourth-order valence-corrected chi connectivity index (χ4v) is 4.11. The fraction of sp³-hybridized carbons (Fsp3) is 0.429. The van der Waals surface area contributed by atoms with Gasteiger partial charge in [0.25, 0.3) is 5.69 Å². The quantitative estimate of drug-likeness (QED) is 0.513. The molecule has 0 aromatic heterocycles. The topological polar surface area (TPSA) is 43.1 Å². The summed E-state index contributed by atoms with van der Waals surface area (Å²) in [6, 6.07) is 13.3. The van der Waals surface area contributed by atoms with Crippen LogP contribution >= 0.6 is 0 Å². The Kier molecular flexibility index (Phi) is 3.42. The molecule has 0 saturated carbocycles. The summed E-state index contributed by atoms with van der Waals surface area (Å²) in [5.74, 6) is 0. The molecule has 0 heterocycles. The summed E-state index contributed by atoms with van der Waals surface area (Å²) in [4.78, 5) is 11.1. The maximum Gasteiger partial charge on any atom is 0.277 e. The number of benzene rings is 2. The van der Waals surface area contributed by atoms with Crippen molar-refractivity contribution in [3.63, 3.8) is 0 Å². The SMILES string of the molecule is CC1(C)c2ccc(-c3ccccc3[N+](=O)[O-])cc2C(C)(C)C1(C)C. The van der Waals surface area contributed by atoms with Crippen LogP contribution in [0.5, 0.6) is 0 Å². The van der Waals surface area contributed by atoms with Gasteiger partial charge in [0.1, 0.15) is 0 Å². The molecule has 0 aliphatic heterocycles. The number of nitro benzene ring substituents is 1. The largest absolute Gasteiger partial charge is 0.277 e. The van der Waals surface area contributed by atoms with E-state index in [-0.39, 0.29) is 26.9 Å². The van der Waals surface area contributed by atoms with E-state index in [4.69, 9.17) is 0 Å². The average molecular weight is 323 g/mol. The van der Waals surface area contributed by atoms with Crippen molar-refractivity contribution in [2.75, 3.05) is 0 Å². The predicted octanol–water partition coefficient (Wildman–Crippen LogP) is 5.86. The molecule has 126 valence electrons. The van der Waals surface area contributed by atoms with E-state index >= 15 is 0 Å². The van der Waals surface area contributed by atoms with E-state index in [1.165, 1.54) is 11.1 Å². The highest BCUT2D eigenvalue weighted by Crippen LogP contribution is 2.61. The van der Waals surface area contributed by atoms with Crippen LogP contribution in [0, 0.1) is 15.5 Å². The molecule has 3 heteroatoms. The van der Waals surface area contributed by atoms with E-state index in [1.807, 2.05) is 18.2 Å². The van der Waals surface area contributed by atoms with Crippen LogP contribution in [0.15, 0.2) is 42.5 Å². The van der Waals surface area contributed by atoms with Crippen LogP contribution < -0.4 is 0 Å². The third-order valence-corrected chi connectivity index (χ3v) is 6.90. The van der Waals surface area contributed by atoms with E-state index in [0.29, 0.717) is 5.56 Å². The van der Waals surface area contributed by atoms with Crippen LogP contribution in [0.25, 0.3) is 11.1 Å². The molecule has 1 aliphatic carbocycles. The van der Waals surface area contributed by atoms with Crippen LogP contribution in [0.2, 0.25) is 0 Å².